The molecule has 0 aromatic heterocycles. The summed E-state index contributed by atoms with van der Waals surface area (Å²) >= 11 is 0. The van der Waals surface area contributed by atoms with Crippen molar-refractivity contribution in [3.05, 3.63) is 0 Å². The first-order chi connectivity index (χ1) is 21.2. The van der Waals surface area contributed by atoms with Crippen molar-refractivity contribution in [1.82, 2.24) is 10.2 Å². The van der Waals surface area contributed by atoms with E-state index in [1.807, 2.05) is 0 Å². The lowest BCUT2D eigenvalue weighted by atomic mass is 9.97. The fourth-order valence-electron chi connectivity index (χ4n) is 4.79. The Hall–Kier alpha value is -1.58. The number of nitrogens with two attached hydrogens (primary N) is 2. The van der Waals surface area contributed by atoms with Crippen LogP contribution in [-0.2, 0) is 28.7 Å². The number of hydrogen-bond donors (Lipinski definition) is 3. The van der Waals surface area contributed by atoms with Gasteiger partial charge in [-0.25, -0.2) is 4.79 Å². The number of Topliss-reactive ketones (excluding diaryl/α,β-unsaturated/α-hetero) is 2. The summed E-state index contributed by atoms with van der Waals surface area (Å²) in [7, 11) is 7.03. The van der Waals surface area contributed by atoms with Crippen LogP contribution in [0.2, 0.25) is 0 Å². The maximum Gasteiger partial charge on any atom is 0.407 e. The van der Waals surface area contributed by atoms with Crippen molar-refractivity contribution >= 4 is 78.6 Å². The summed E-state index contributed by atoms with van der Waals surface area (Å²) in [6, 6.07) is 0. The van der Waals surface area contributed by atoms with Crippen molar-refractivity contribution in [2.24, 2.45) is 23.3 Å². The van der Waals surface area contributed by atoms with Gasteiger partial charge in [0.15, 0.2) is 11.6 Å². The van der Waals surface area contributed by atoms with Gasteiger partial charge in [-0.1, -0.05) is 68.9 Å². The molecule has 2 heterocycles. The second kappa shape index (κ2) is 20.6. The number of hydrogen-bond acceptors (Lipinski definition) is 11. The maximum atomic E-state index is 13.0. The standard InChI is InChI=1S/C30H50N4O7S4/c1-30(2,3)41-29(40)33-15-14-24(37)34(18-22(35)12-8-4-6-10-20(27(31)38)16-25-42-43-25)19-23(36)13-9-5-7-11-21(28(32)39)17-26-44-45-26/h20-21,25-26H,4-19H2,1-3H3,(H2,31,38)(H2,32,39)(H,33,40)/t20-,21-/m1/s1. The van der Waals surface area contributed by atoms with Gasteiger partial charge in [-0.15, -0.1) is 0 Å². The Kier molecular flexibility index (Phi) is 18.1. The average molecular weight is 707 g/mol. The first-order valence-corrected chi connectivity index (χ1v) is 20.3. The number of carbonyl (C=O) groups excluding carboxylic acids is 6. The summed E-state index contributed by atoms with van der Waals surface area (Å²) in [6.45, 7) is 4.89. The first kappa shape index (κ1) is 39.6. The third-order valence-electron chi connectivity index (χ3n) is 7.33. The Balaban J connectivity index is 1.78. The van der Waals surface area contributed by atoms with Crippen LogP contribution in [0.1, 0.15) is 104 Å². The molecule has 4 amide bonds. The van der Waals surface area contributed by atoms with Crippen LogP contribution >= 0.6 is 43.2 Å². The van der Waals surface area contributed by atoms with Crippen molar-refractivity contribution in [3.63, 3.8) is 0 Å². The molecule has 2 aliphatic rings. The van der Waals surface area contributed by atoms with Gasteiger partial charge in [0, 0.05) is 37.6 Å². The van der Waals surface area contributed by atoms with Crippen LogP contribution in [0.5, 0.6) is 0 Å². The third-order valence-corrected chi connectivity index (χ3v) is 11.8. The van der Waals surface area contributed by atoms with Gasteiger partial charge in [0.1, 0.15) is 5.60 Å². The zero-order valence-corrected chi connectivity index (χ0v) is 30.0. The molecule has 0 saturated carbocycles. The number of rotatable bonds is 25. The van der Waals surface area contributed by atoms with Crippen molar-refractivity contribution < 1.29 is 33.5 Å². The van der Waals surface area contributed by atoms with Crippen molar-refractivity contribution in [3.8, 4) is 0 Å². The highest BCUT2D eigenvalue weighted by Crippen LogP contribution is 2.57. The Labute approximate surface area is 283 Å². The molecule has 0 aromatic carbocycles. The summed E-state index contributed by atoms with van der Waals surface area (Å²) in [6.07, 6.45) is 7.14. The number of alkyl carbamates (subject to hydrolysis) is 1. The van der Waals surface area contributed by atoms with Gasteiger partial charge >= 0.3 is 6.09 Å². The molecule has 2 fully saturated rings. The average Bonchev–Trinajstić information content (AvgIpc) is 3.86. The van der Waals surface area contributed by atoms with Crippen molar-refractivity contribution in [2.45, 2.75) is 119 Å². The smallest absolute Gasteiger partial charge is 0.407 e. The van der Waals surface area contributed by atoms with Crippen LogP contribution in [0.3, 0.4) is 0 Å². The highest BCUT2D eigenvalue weighted by atomic mass is 33.2. The summed E-state index contributed by atoms with van der Waals surface area (Å²) in [4.78, 5) is 75.3. The van der Waals surface area contributed by atoms with Gasteiger partial charge in [-0.05, 0) is 59.3 Å². The summed E-state index contributed by atoms with van der Waals surface area (Å²) in [5.74, 6) is -1.52. The zero-order chi connectivity index (χ0) is 33.4. The minimum Gasteiger partial charge on any atom is -0.444 e. The van der Waals surface area contributed by atoms with Gasteiger partial charge in [-0.3, -0.25) is 24.0 Å². The number of unbranched alkanes of at least 4 members (excludes halogenated alkanes) is 4. The lowest BCUT2D eigenvalue weighted by Crippen LogP contribution is -2.41. The molecule has 0 spiro atoms. The van der Waals surface area contributed by atoms with Crippen LogP contribution in [0, 0.1) is 11.8 Å². The molecule has 15 heteroatoms. The molecule has 2 rings (SSSR count). The molecule has 0 bridgehead atoms. The number of ether oxygens (including phenoxy) is 1. The number of ketones is 2. The van der Waals surface area contributed by atoms with E-state index in [0.717, 1.165) is 38.5 Å². The molecule has 45 heavy (non-hydrogen) atoms. The molecule has 256 valence electrons. The number of primary amides is 2. The van der Waals surface area contributed by atoms with Crippen LogP contribution in [0.25, 0.3) is 0 Å². The largest absolute Gasteiger partial charge is 0.444 e. The van der Waals surface area contributed by atoms with E-state index >= 15 is 0 Å². The normalized spacial score (nSPS) is 16.0. The fraction of sp³-hybridized carbons (Fsp3) is 0.800. The van der Waals surface area contributed by atoms with Crippen molar-refractivity contribution in [1.29, 1.82) is 0 Å². The molecule has 2 aliphatic heterocycles. The van der Waals surface area contributed by atoms with Crippen LogP contribution in [-0.4, -0.2) is 74.7 Å². The number of amides is 4. The van der Waals surface area contributed by atoms with Gasteiger partial charge in [0.2, 0.25) is 17.7 Å². The molecule has 0 aliphatic carbocycles. The van der Waals surface area contributed by atoms with Crippen LogP contribution < -0.4 is 16.8 Å². The van der Waals surface area contributed by atoms with Gasteiger partial charge < -0.3 is 26.4 Å². The summed E-state index contributed by atoms with van der Waals surface area (Å²) in [5.41, 5.74) is 10.4. The van der Waals surface area contributed by atoms with E-state index in [4.69, 9.17) is 16.2 Å². The minimum atomic E-state index is -0.675. The van der Waals surface area contributed by atoms with E-state index in [2.05, 4.69) is 5.32 Å². The maximum absolute atomic E-state index is 13.0. The van der Waals surface area contributed by atoms with E-state index in [-0.39, 0.29) is 74.1 Å². The Morgan fingerprint density at radius 1 is 0.711 bits per heavy atom. The quantitative estimate of drug-likeness (QED) is 0.0646. The van der Waals surface area contributed by atoms with Gasteiger partial charge in [0.05, 0.1) is 22.3 Å². The number of nitrogens with one attached hydrogen (secondary N) is 1. The van der Waals surface area contributed by atoms with Gasteiger partial charge in [0.25, 0.3) is 0 Å². The second-order valence-corrected chi connectivity index (χ2v) is 18.6. The second-order valence-electron chi connectivity index (χ2n) is 12.6. The van der Waals surface area contributed by atoms with E-state index in [1.165, 1.54) is 4.90 Å². The Bertz CT molecular complexity index is 963. The SMILES string of the molecule is CC(C)(C)OC(=O)NCCC(=O)N(CC(=O)CCCCC[C@H](CC1SS1)C(N)=O)CC(=O)CCCCC[C@H](CC1SS1)C(N)=O. The summed E-state index contributed by atoms with van der Waals surface area (Å²) < 4.78 is 6.11. The van der Waals surface area contributed by atoms with E-state index in [9.17, 15) is 28.8 Å². The molecule has 0 aromatic rings. The molecule has 0 unspecified atom stereocenters. The van der Waals surface area contributed by atoms with Gasteiger partial charge in [-0.2, -0.15) is 0 Å². The zero-order valence-electron chi connectivity index (χ0n) is 26.7. The Morgan fingerprint density at radius 3 is 1.53 bits per heavy atom. The predicted molar refractivity (Wildman–Crippen MR) is 184 cm³/mol. The Morgan fingerprint density at radius 2 is 1.16 bits per heavy atom. The van der Waals surface area contributed by atoms with E-state index in [1.54, 1.807) is 63.9 Å². The molecular formula is C30H50N4O7S4. The highest BCUT2D eigenvalue weighted by Gasteiger charge is 2.31. The van der Waals surface area contributed by atoms with E-state index in [0.29, 0.717) is 34.8 Å². The van der Waals surface area contributed by atoms with Crippen LogP contribution in [0.15, 0.2) is 0 Å². The molecule has 5 N–H and O–H groups in total. The number of nitrogens with zero attached hydrogens (tertiary/aromatic N) is 1. The van der Waals surface area contributed by atoms with Crippen LogP contribution in [0.4, 0.5) is 4.79 Å². The monoisotopic (exact) mass is 706 g/mol. The molecular weight excluding hydrogens is 657 g/mol. The minimum absolute atomic E-state index is 0.0183. The third kappa shape index (κ3) is 19.6. The lowest BCUT2D eigenvalue weighted by molar-refractivity contribution is -0.138. The highest BCUT2D eigenvalue weighted by molar-refractivity contribution is 8.93. The van der Waals surface area contributed by atoms with E-state index < -0.39 is 17.6 Å². The summed E-state index contributed by atoms with van der Waals surface area (Å²) in [5, 5.41) is 2.54. The lowest BCUT2D eigenvalue weighted by Gasteiger charge is -2.22. The fourth-order valence-corrected chi connectivity index (χ4v) is 7.61. The molecule has 2 atom stereocenters. The molecule has 0 radical (unpaired) electrons. The van der Waals surface area contributed by atoms with Crippen molar-refractivity contribution in [2.75, 3.05) is 19.6 Å². The number of carbonyl (C=O) groups is 6. The topological polar surface area (TPSA) is 179 Å². The first-order valence-electron chi connectivity index (χ1n) is 15.7. The molecule has 11 nitrogen and oxygen atoms in total. The molecule has 2 saturated heterocycles. The predicted octanol–water partition coefficient (Wildman–Crippen LogP) is 5.19.